The number of aromatic nitrogens is 2. The molecule has 1 aliphatic heterocycles. The lowest BCUT2D eigenvalue weighted by molar-refractivity contribution is -0.172. The number of aryl methyl sites for hydroxylation is 1. The fraction of sp³-hybridized carbons (Fsp3) is 0.471. The van der Waals surface area contributed by atoms with E-state index in [-0.39, 0.29) is 0 Å². The molecule has 5 heteroatoms. The molecule has 0 spiro atoms. The Morgan fingerprint density at radius 2 is 2.00 bits per heavy atom. The lowest BCUT2D eigenvalue weighted by Gasteiger charge is -2.27. The van der Waals surface area contributed by atoms with Crippen LogP contribution >= 0.6 is 0 Å². The molecule has 2 aromatic rings. The Hall–Kier alpha value is -1.85. The molecule has 1 fully saturated rings. The summed E-state index contributed by atoms with van der Waals surface area (Å²) in [6, 6.07) is 8.22. The summed E-state index contributed by atoms with van der Waals surface area (Å²) >= 11 is 0. The zero-order chi connectivity index (χ0) is 15.3. The highest BCUT2D eigenvalue weighted by atomic mass is 16.7. The molecule has 118 valence electrons. The van der Waals surface area contributed by atoms with E-state index in [1.165, 1.54) is 5.56 Å². The summed E-state index contributed by atoms with van der Waals surface area (Å²) in [5, 5.41) is 0. The second kappa shape index (κ2) is 6.94. The van der Waals surface area contributed by atoms with Gasteiger partial charge in [0.2, 0.25) is 0 Å². The van der Waals surface area contributed by atoms with E-state index in [0.29, 0.717) is 19.8 Å². The predicted molar refractivity (Wildman–Crippen MR) is 82.8 cm³/mol. The van der Waals surface area contributed by atoms with E-state index >= 15 is 0 Å². The van der Waals surface area contributed by atoms with Gasteiger partial charge in [0.1, 0.15) is 5.75 Å². The van der Waals surface area contributed by atoms with Crippen LogP contribution in [-0.4, -0.2) is 35.7 Å². The van der Waals surface area contributed by atoms with Crippen LogP contribution in [-0.2, 0) is 22.4 Å². The molecule has 0 unspecified atom stereocenters. The maximum absolute atomic E-state index is 5.90. The van der Waals surface area contributed by atoms with Crippen molar-refractivity contribution in [3.63, 3.8) is 0 Å². The third-order valence-corrected chi connectivity index (χ3v) is 3.98. The summed E-state index contributed by atoms with van der Waals surface area (Å²) in [6.45, 7) is 2.02. The van der Waals surface area contributed by atoms with Gasteiger partial charge < -0.3 is 18.8 Å². The summed E-state index contributed by atoms with van der Waals surface area (Å²) in [5.41, 5.74) is 1.30. The first-order chi connectivity index (χ1) is 10.8. The molecule has 0 bridgehead atoms. The molecule has 1 aliphatic rings. The highest BCUT2D eigenvalue weighted by Gasteiger charge is 2.36. The molecular formula is C17H22N2O3. The summed E-state index contributed by atoms with van der Waals surface area (Å²) in [4.78, 5) is 4.08. The summed E-state index contributed by atoms with van der Waals surface area (Å²) in [5.74, 6) is 0.385. The van der Waals surface area contributed by atoms with Gasteiger partial charge in [-0.1, -0.05) is 12.1 Å². The monoisotopic (exact) mass is 302 g/mol. The molecule has 0 saturated carbocycles. The fourth-order valence-electron chi connectivity index (χ4n) is 2.82. The van der Waals surface area contributed by atoms with Crippen LogP contribution in [0.15, 0.2) is 43.0 Å². The normalized spacial score (nSPS) is 16.8. The molecule has 3 rings (SSSR count). The van der Waals surface area contributed by atoms with Crippen LogP contribution in [0.5, 0.6) is 5.75 Å². The van der Waals surface area contributed by atoms with Crippen LogP contribution in [0, 0.1) is 0 Å². The molecule has 0 radical (unpaired) electrons. The summed E-state index contributed by atoms with van der Waals surface area (Å²) < 4.78 is 19.0. The van der Waals surface area contributed by atoms with Gasteiger partial charge in [0.05, 0.1) is 33.2 Å². The van der Waals surface area contributed by atoms with Crippen LogP contribution in [0.25, 0.3) is 0 Å². The van der Waals surface area contributed by atoms with Gasteiger partial charge in [-0.2, -0.15) is 0 Å². The molecule has 1 saturated heterocycles. The topological polar surface area (TPSA) is 45.5 Å². The van der Waals surface area contributed by atoms with Gasteiger partial charge in [-0.25, -0.2) is 4.98 Å². The number of methoxy groups -OCH3 is 1. The minimum Gasteiger partial charge on any atom is -0.497 e. The quantitative estimate of drug-likeness (QED) is 0.789. The lowest BCUT2D eigenvalue weighted by atomic mass is 10.0. The largest absolute Gasteiger partial charge is 0.497 e. The standard InChI is InChI=1S/C17H22N2O3/c1-20-16-6-4-15(5-7-16)3-2-8-17(21-11-12-22-17)13-19-10-9-18-14-19/h4-7,9-10,14H,2-3,8,11-13H2,1H3. The fourth-order valence-corrected chi connectivity index (χ4v) is 2.82. The summed E-state index contributed by atoms with van der Waals surface area (Å²) in [6.07, 6.45) is 8.41. The summed E-state index contributed by atoms with van der Waals surface area (Å²) in [7, 11) is 1.68. The van der Waals surface area contributed by atoms with Crippen molar-refractivity contribution in [2.75, 3.05) is 20.3 Å². The van der Waals surface area contributed by atoms with Crippen LogP contribution < -0.4 is 4.74 Å². The Bertz CT molecular complexity index is 560. The van der Waals surface area contributed by atoms with Gasteiger partial charge >= 0.3 is 0 Å². The molecule has 0 amide bonds. The molecule has 0 aliphatic carbocycles. The van der Waals surface area contributed by atoms with E-state index in [2.05, 4.69) is 17.1 Å². The van der Waals surface area contributed by atoms with Crippen molar-refractivity contribution >= 4 is 0 Å². The number of hydrogen-bond donors (Lipinski definition) is 0. The van der Waals surface area contributed by atoms with Crippen molar-refractivity contribution in [3.05, 3.63) is 48.5 Å². The molecule has 2 heterocycles. The highest BCUT2D eigenvalue weighted by Crippen LogP contribution is 2.28. The molecule has 1 aromatic heterocycles. The average Bonchev–Trinajstić information content (AvgIpc) is 3.21. The van der Waals surface area contributed by atoms with Gasteiger partial charge in [0.15, 0.2) is 5.79 Å². The van der Waals surface area contributed by atoms with E-state index in [1.807, 2.05) is 22.9 Å². The Labute approximate surface area is 130 Å². The number of rotatable bonds is 7. The van der Waals surface area contributed by atoms with Crippen molar-refractivity contribution in [1.82, 2.24) is 9.55 Å². The zero-order valence-corrected chi connectivity index (χ0v) is 12.9. The third kappa shape index (κ3) is 3.67. The van der Waals surface area contributed by atoms with Crippen molar-refractivity contribution < 1.29 is 14.2 Å². The maximum Gasteiger partial charge on any atom is 0.186 e. The molecule has 0 atom stereocenters. The smallest absolute Gasteiger partial charge is 0.186 e. The second-order valence-corrected chi connectivity index (χ2v) is 5.54. The Morgan fingerprint density at radius 3 is 2.64 bits per heavy atom. The van der Waals surface area contributed by atoms with Crippen molar-refractivity contribution in [2.45, 2.75) is 31.6 Å². The van der Waals surface area contributed by atoms with E-state index < -0.39 is 5.79 Å². The molecule has 1 aromatic carbocycles. The SMILES string of the molecule is COc1ccc(CCCC2(Cn3ccnc3)OCCO2)cc1. The van der Waals surface area contributed by atoms with E-state index in [4.69, 9.17) is 14.2 Å². The minimum atomic E-state index is -0.507. The number of nitrogens with zero attached hydrogens (tertiary/aromatic N) is 2. The maximum atomic E-state index is 5.90. The number of ether oxygens (including phenoxy) is 3. The van der Waals surface area contributed by atoms with Gasteiger partial charge in [-0.05, 0) is 30.5 Å². The van der Waals surface area contributed by atoms with Gasteiger partial charge in [0, 0.05) is 18.8 Å². The Balaban J connectivity index is 1.55. The van der Waals surface area contributed by atoms with Crippen LogP contribution in [0.4, 0.5) is 0 Å². The molecular weight excluding hydrogens is 280 g/mol. The lowest BCUT2D eigenvalue weighted by Crippen LogP contribution is -2.35. The third-order valence-electron chi connectivity index (χ3n) is 3.98. The second-order valence-electron chi connectivity index (χ2n) is 5.54. The Morgan fingerprint density at radius 1 is 1.23 bits per heavy atom. The van der Waals surface area contributed by atoms with E-state index in [1.54, 1.807) is 19.6 Å². The number of hydrogen-bond acceptors (Lipinski definition) is 4. The molecule has 0 N–H and O–H groups in total. The van der Waals surface area contributed by atoms with Crippen molar-refractivity contribution in [3.8, 4) is 5.75 Å². The first-order valence-electron chi connectivity index (χ1n) is 7.66. The van der Waals surface area contributed by atoms with Crippen molar-refractivity contribution in [1.29, 1.82) is 0 Å². The average molecular weight is 302 g/mol. The zero-order valence-electron chi connectivity index (χ0n) is 12.9. The number of imidazole rings is 1. The van der Waals surface area contributed by atoms with Crippen LogP contribution in [0.1, 0.15) is 18.4 Å². The molecule has 22 heavy (non-hydrogen) atoms. The van der Waals surface area contributed by atoms with E-state index in [9.17, 15) is 0 Å². The molecule has 5 nitrogen and oxygen atoms in total. The van der Waals surface area contributed by atoms with Crippen LogP contribution in [0.2, 0.25) is 0 Å². The van der Waals surface area contributed by atoms with Gasteiger partial charge in [-0.15, -0.1) is 0 Å². The van der Waals surface area contributed by atoms with Gasteiger partial charge in [-0.3, -0.25) is 0 Å². The number of benzene rings is 1. The van der Waals surface area contributed by atoms with Crippen molar-refractivity contribution in [2.24, 2.45) is 0 Å². The highest BCUT2D eigenvalue weighted by molar-refractivity contribution is 5.27. The first-order valence-corrected chi connectivity index (χ1v) is 7.66. The Kier molecular flexibility index (Phi) is 4.75. The van der Waals surface area contributed by atoms with Crippen LogP contribution in [0.3, 0.4) is 0 Å². The predicted octanol–water partition coefficient (Wildman–Crippen LogP) is 2.66. The van der Waals surface area contributed by atoms with E-state index in [0.717, 1.165) is 25.0 Å². The van der Waals surface area contributed by atoms with Gasteiger partial charge in [0.25, 0.3) is 0 Å². The minimum absolute atomic E-state index is 0.507. The first kappa shape index (κ1) is 15.1.